The van der Waals surface area contributed by atoms with Crippen LogP contribution in [0.2, 0.25) is 0 Å². The first-order valence-electron chi connectivity index (χ1n) is 14.0. The number of aryl methyl sites for hydroxylation is 1. The van der Waals surface area contributed by atoms with Crippen molar-refractivity contribution < 1.29 is 42.2 Å². The number of carbonyl (C=O) groups excluding carboxylic acids is 2. The van der Waals surface area contributed by atoms with Gasteiger partial charge in [0, 0.05) is 5.56 Å². The molecule has 4 rings (SSSR count). The molecule has 0 spiro atoms. The Bertz CT molecular complexity index is 1530. The highest BCUT2D eigenvalue weighted by atomic mass is 31.2. The fourth-order valence-corrected chi connectivity index (χ4v) is 5.22. The van der Waals surface area contributed by atoms with Gasteiger partial charge in [-0.05, 0) is 47.1 Å². The minimum Gasteiger partial charge on any atom is -0.460 e. The Morgan fingerprint density at radius 1 is 0.636 bits per heavy atom. The number of carbonyl (C=O) groups is 2. The maximum atomic E-state index is 14.4. The molecule has 0 heterocycles. The molecule has 0 atom stereocenters. The molecule has 0 unspecified atom stereocenters. The molecule has 4 aromatic carbocycles. The molecule has 4 aromatic rings. The maximum Gasteiger partial charge on any atom is 0.399 e. The van der Waals surface area contributed by atoms with Crippen LogP contribution in [0.4, 0.5) is 8.78 Å². The summed E-state index contributed by atoms with van der Waals surface area (Å²) >= 11 is 0. The molecule has 0 aliphatic rings. The van der Waals surface area contributed by atoms with Crippen LogP contribution in [-0.2, 0) is 61.8 Å². The van der Waals surface area contributed by atoms with Crippen LogP contribution < -0.4 is 0 Å². The average molecular weight is 623 g/mol. The Morgan fingerprint density at radius 3 is 1.41 bits per heavy atom. The Hall–Kier alpha value is -4.17. The van der Waals surface area contributed by atoms with Crippen LogP contribution >= 0.6 is 7.60 Å². The molecular formula is C34H33F2O7P. The lowest BCUT2D eigenvalue weighted by molar-refractivity contribution is -0.174. The van der Waals surface area contributed by atoms with Crippen LogP contribution in [0.15, 0.2) is 109 Å². The van der Waals surface area contributed by atoms with Crippen molar-refractivity contribution in [2.45, 2.75) is 45.1 Å². The Kier molecular flexibility index (Phi) is 10.5. The monoisotopic (exact) mass is 622 g/mol. The molecule has 0 bridgehead atoms. The summed E-state index contributed by atoms with van der Waals surface area (Å²) in [6.45, 7) is 1.77. The van der Waals surface area contributed by atoms with Crippen molar-refractivity contribution in [1.82, 2.24) is 0 Å². The topological polar surface area (TPSA) is 110 Å². The molecule has 0 fully saturated rings. The van der Waals surface area contributed by atoms with Gasteiger partial charge in [-0.15, -0.1) is 0 Å². The van der Waals surface area contributed by atoms with E-state index in [1.54, 1.807) is 48.5 Å². The molecule has 44 heavy (non-hydrogen) atoms. The van der Waals surface area contributed by atoms with Gasteiger partial charge in [0.2, 0.25) is 0 Å². The van der Waals surface area contributed by atoms with E-state index in [1.807, 2.05) is 43.3 Å². The van der Waals surface area contributed by atoms with Crippen molar-refractivity contribution in [3.05, 3.63) is 143 Å². The fraction of sp³-hybridized carbons (Fsp3) is 0.235. The van der Waals surface area contributed by atoms with Gasteiger partial charge >= 0.3 is 25.2 Å². The molecule has 0 aliphatic heterocycles. The summed E-state index contributed by atoms with van der Waals surface area (Å²) in [7, 11) is -5.79. The summed E-state index contributed by atoms with van der Waals surface area (Å²) in [6.07, 6.45) is 0.388. The number of alkyl halides is 2. The standard InChI is InChI=1S/C34H33F2O7P/c1-2-25-13-15-26(16-14-25)21-33(31(37)42-23-28-9-5-3-6-10-28,32(38)43-24-29-11-7-4-8-12-29)22-27-17-19-30(20-18-27)34(35,36)44(39,40)41/h3-20H,2,21-24H2,1H3,(H2,39,40,41). The van der Waals surface area contributed by atoms with Gasteiger partial charge in [0.15, 0.2) is 5.41 Å². The first-order valence-corrected chi connectivity index (χ1v) is 15.6. The van der Waals surface area contributed by atoms with Gasteiger partial charge in [-0.25, -0.2) is 0 Å². The molecule has 0 aliphatic carbocycles. The first-order chi connectivity index (χ1) is 20.9. The van der Waals surface area contributed by atoms with Gasteiger partial charge in [-0.3, -0.25) is 14.2 Å². The molecule has 10 heteroatoms. The zero-order valence-corrected chi connectivity index (χ0v) is 25.0. The second kappa shape index (κ2) is 14.1. The quantitative estimate of drug-likeness (QED) is 0.0966. The number of halogens is 2. The van der Waals surface area contributed by atoms with E-state index in [0.717, 1.165) is 24.1 Å². The number of hydrogen-bond donors (Lipinski definition) is 2. The summed E-state index contributed by atoms with van der Waals surface area (Å²) in [5.74, 6) is -1.72. The van der Waals surface area contributed by atoms with Crippen molar-refractivity contribution in [2.24, 2.45) is 5.41 Å². The van der Waals surface area contributed by atoms with Gasteiger partial charge in [0.1, 0.15) is 13.2 Å². The molecule has 0 aromatic heterocycles. The first kappa shape index (κ1) is 32.7. The lowest BCUT2D eigenvalue weighted by Gasteiger charge is -2.30. The molecule has 230 valence electrons. The van der Waals surface area contributed by atoms with Gasteiger partial charge < -0.3 is 19.3 Å². The van der Waals surface area contributed by atoms with Gasteiger partial charge in [-0.1, -0.05) is 116 Å². The zero-order valence-electron chi connectivity index (χ0n) is 24.1. The minimum absolute atomic E-state index is 0.112. The maximum absolute atomic E-state index is 14.4. The second-order valence-corrected chi connectivity index (χ2v) is 12.2. The van der Waals surface area contributed by atoms with Crippen molar-refractivity contribution in [3.63, 3.8) is 0 Å². The van der Waals surface area contributed by atoms with E-state index in [9.17, 15) is 22.9 Å². The summed E-state index contributed by atoms with van der Waals surface area (Å²) in [5, 5.41) is 0. The molecule has 2 N–H and O–H groups in total. The molecule has 0 saturated heterocycles. The zero-order chi connectivity index (χ0) is 31.8. The van der Waals surface area contributed by atoms with Crippen molar-refractivity contribution in [3.8, 4) is 0 Å². The van der Waals surface area contributed by atoms with Gasteiger partial charge in [-0.2, -0.15) is 8.78 Å². The van der Waals surface area contributed by atoms with E-state index in [1.165, 1.54) is 12.1 Å². The van der Waals surface area contributed by atoms with Crippen LogP contribution in [0, 0.1) is 5.41 Å². The summed E-state index contributed by atoms with van der Waals surface area (Å²) in [5.41, 5.74) is -3.84. The number of benzene rings is 4. The lowest BCUT2D eigenvalue weighted by atomic mass is 9.76. The SMILES string of the molecule is CCc1ccc(CC(Cc2ccc(C(F)(F)P(=O)(O)O)cc2)(C(=O)OCc2ccccc2)C(=O)OCc2ccccc2)cc1. The number of rotatable bonds is 13. The average Bonchev–Trinajstić information content (AvgIpc) is 3.03. The van der Waals surface area contributed by atoms with E-state index >= 15 is 0 Å². The van der Waals surface area contributed by atoms with Crippen LogP contribution in [0.3, 0.4) is 0 Å². The van der Waals surface area contributed by atoms with Crippen molar-refractivity contribution in [2.75, 3.05) is 0 Å². The number of esters is 2. The Morgan fingerprint density at radius 2 is 1.02 bits per heavy atom. The number of ether oxygens (including phenoxy) is 2. The largest absolute Gasteiger partial charge is 0.460 e. The summed E-state index contributed by atoms with van der Waals surface area (Å²) in [4.78, 5) is 46.4. The summed E-state index contributed by atoms with van der Waals surface area (Å²) in [6, 6.07) is 29.4. The van der Waals surface area contributed by atoms with Crippen molar-refractivity contribution >= 4 is 19.5 Å². The predicted molar refractivity (Wildman–Crippen MR) is 161 cm³/mol. The highest BCUT2D eigenvalue weighted by Crippen LogP contribution is 2.59. The van der Waals surface area contributed by atoms with E-state index in [4.69, 9.17) is 19.3 Å². The molecular weight excluding hydrogens is 589 g/mol. The van der Waals surface area contributed by atoms with E-state index < -0.39 is 36.2 Å². The van der Waals surface area contributed by atoms with Crippen LogP contribution in [0.25, 0.3) is 0 Å². The highest BCUT2D eigenvalue weighted by molar-refractivity contribution is 7.52. The lowest BCUT2D eigenvalue weighted by Crippen LogP contribution is -2.45. The van der Waals surface area contributed by atoms with Gasteiger partial charge in [0.25, 0.3) is 0 Å². The third-order valence-electron chi connectivity index (χ3n) is 7.32. The number of hydrogen-bond acceptors (Lipinski definition) is 5. The highest BCUT2D eigenvalue weighted by Gasteiger charge is 2.51. The van der Waals surface area contributed by atoms with Gasteiger partial charge in [0.05, 0.1) is 0 Å². The Labute approximate surface area is 254 Å². The van der Waals surface area contributed by atoms with E-state index in [0.29, 0.717) is 16.7 Å². The van der Waals surface area contributed by atoms with E-state index in [-0.39, 0.29) is 31.6 Å². The minimum atomic E-state index is -5.79. The third kappa shape index (κ3) is 7.85. The fourth-order valence-electron chi connectivity index (χ4n) is 4.74. The Balaban J connectivity index is 1.74. The summed E-state index contributed by atoms with van der Waals surface area (Å²) < 4.78 is 51.5. The van der Waals surface area contributed by atoms with E-state index in [2.05, 4.69) is 0 Å². The second-order valence-electron chi connectivity index (χ2n) is 10.5. The third-order valence-corrected chi connectivity index (χ3v) is 8.31. The van der Waals surface area contributed by atoms with Crippen molar-refractivity contribution in [1.29, 1.82) is 0 Å². The normalized spacial score (nSPS) is 12.0. The predicted octanol–water partition coefficient (Wildman–Crippen LogP) is 6.73. The molecule has 0 radical (unpaired) electrons. The molecule has 7 nitrogen and oxygen atoms in total. The molecule has 0 saturated carbocycles. The smallest absolute Gasteiger partial charge is 0.399 e. The van der Waals surface area contributed by atoms with Crippen LogP contribution in [0.5, 0.6) is 0 Å². The van der Waals surface area contributed by atoms with Crippen LogP contribution in [-0.4, -0.2) is 21.7 Å². The molecule has 0 amide bonds. The van der Waals surface area contributed by atoms with Crippen LogP contribution in [0.1, 0.15) is 40.3 Å².